The van der Waals surface area contributed by atoms with Crippen molar-refractivity contribution in [1.29, 1.82) is 0 Å². The van der Waals surface area contributed by atoms with Gasteiger partial charge in [0.15, 0.2) is 6.79 Å². The third kappa shape index (κ3) is 6.29. The Morgan fingerprint density at radius 1 is 1.06 bits per heavy atom. The molecule has 0 aliphatic carbocycles. The average Bonchev–Trinajstić information content (AvgIpc) is 3.08. The first-order chi connectivity index (χ1) is 17.0. The molecule has 184 valence electrons. The van der Waals surface area contributed by atoms with Crippen LogP contribution in [0.5, 0.6) is 5.75 Å². The van der Waals surface area contributed by atoms with E-state index in [-0.39, 0.29) is 25.3 Å². The highest BCUT2D eigenvalue weighted by Crippen LogP contribution is 2.27. The molecule has 1 saturated heterocycles. The summed E-state index contributed by atoms with van der Waals surface area (Å²) < 4.78 is 17.0. The van der Waals surface area contributed by atoms with E-state index in [0.717, 1.165) is 16.3 Å². The van der Waals surface area contributed by atoms with Crippen molar-refractivity contribution in [3.63, 3.8) is 0 Å². The van der Waals surface area contributed by atoms with Crippen LogP contribution < -0.4 is 10.1 Å². The van der Waals surface area contributed by atoms with Gasteiger partial charge >= 0.3 is 6.09 Å². The minimum absolute atomic E-state index is 0.00233. The summed E-state index contributed by atoms with van der Waals surface area (Å²) in [6.07, 6.45) is -0.0714. The molecule has 2 N–H and O–H groups in total. The second-order valence-corrected chi connectivity index (χ2v) is 8.53. The fraction of sp³-hybridized carbons (Fsp3) is 0.333. The number of likely N-dealkylation sites (tertiary alicyclic amines) is 1. The lowest BCUT2D eigenvalue weighted by molar-refractivity contribution is 0.0105. The number of carbonyl (C=O) groups excluding carboxylic acids is 1. The van der Waals surface area contributed by atoms with Crippen LogP contribution in [-0.4, -0.2) is 61.1 Å². The van der Waals surface area contributed by atoms with Gasteiger partial charge in [0.25, 0.3) is 5.91 Å². The van der Waals surface area contributed by atoms with Crippen molar-refractivity contribution in [3.05, 3.63) is 77.9 Å². The largest absolute Gasteiger partial charge is 0.467 e. The fourth-order valence-electron chi connectivity index (χ4n) is 4.30. The average molecular weight is 479 g/mol. The third-order valence-electron chi connectivity index (χ3n) is 6.10. The smallest absolute Gasteiger partial charge is 0.407 e. The normalized spacial score (nSPS) is 18.1. The van der Waals surface area contributed by atoms with Crippen LogP contribution in [0.2, 0.25) is 0 Å². The molecule has 2 atom stereocenters. The van der Waals surface area contributed by atoms with Crippen molar-refractivity contribution in [2.75, 3.05) is 27.0 Å². The summed E-state index contributed by atoms with van der Waals surface area (Å²) in [4.78, 5) is 26.6. The number of ether oxygens (including phenoxy) is 3. The van der Waals surface area contributed by atoms with Gasteiger partial charge in [-0.15, -0.1) is 0 Å². The Hall–Kier alpha value is -3.62. The van der Waals surface area contributed by atoms with Gasteiger partial charge in [-0.1, -0.05) is 54.6 Å². The fourth-order valence-corrected chi connectivity index (χ4v) is 4.30. The predicted molar refractivity (Wildman–Crippen MR) is 132 cm³/mol. The van der Waals surface area contributed by atoms with E-state index < -0.39 is 12.1 Å². The summed E-state index contributed by atoms with van der Waals surface area (Å²) in [6.45, 7) is 0.911. The molecule has 0 spiro atoms. The van der Waals surface area contributed by atoms with Gasteiger partial charge in [-0.3, -0.25) is 4.79 Å². The molecule has 1 aliphatic heterocycles. The zero-order valence-electron chi connectivity index (χ0n) is 19.7. The molecule has 1 heterocycles. The number of benzene rings is 3. The lowest BCUT2D eigenvalue weighted by atomic mass is 10.0. The van der Waals surface area contributed by atoms with E-state index >= 15 is 0 Å². The van der Waals surface area contributed by atoms with E-state index in [1.165, 1.54) is 12.0 Å². The molecule has 0 saturated carbocycles. The molecule has 8 nitrogen and oxygen atoms in total. The Balaban J connectivity index is 1.58. The van der Waals surface area contributed by atoms with Crippen LogP contribution in [0, 0.1) is 0 Å². The molecular weight excluding hydrogens is 448 g/mol. The molecular formula is C27H30N2O6. The molecule has 0 unspecified atom stereocenters. The van der Waals surface area contributed by atoms with Crippen molar-refractivity contribution >= 4 is 22.8 Å². The van der Waals surface area contributed by atoms with Crippen LogP contribution in [0.1, 0.15) is 28.8 Å². The number of fused-ring (bicyclic) bond motifs is 1. The number of nitrogens with one attached hydrogen (secondary N) is 1. The first-order valence-corrected chi connectivity index (χ1v) is 11.6. The Morgan fingerprint density at radius 2 is 1.77 bits per heavy atom. The van der Waals surface area contributed by atoms with Gasteiger partial charge in [-0.2, -0.15) is 0 Å². The number of methoxy groups -OCH3 is 1. The topological polar surface area (TPSA) is 97.3 Å². The molecule has 1 aliphatic rings. The summed E-state index contributed by atoms with van der Waals surface area (Å²) in [5.41, 5.74) is 1.37. The second kappa shape index (κ2) is 11.7. The maximum Gasteiger partial charge on any atom is 0.407 e. The van der Waals surface area contributed by atoms with E-state index in [1.54, 1.807) is 6.07 Å². The molecule has 2 amide bonds. The van der Waals surface area contributed by atoms with Gasteiger partial charge in [0.05, 0.1) is 24.3 Å². The van der Waals surface area contributed by atoms with Crippen molar-refractivity contribution in [2.24, 2.45) is 0 Å². The Kier molecular flexibility index (Phi) is 8.18. The number of nitrogens with zero attached hydrogens (tertiary/aromatic N) is 1. The molecule has 0 aromatic heterocycles. The summed E-state index contributed by atoms with van der Waals surface area (Å²) in [7, 11) is 1.52. The highest BCUT2D eigenvalue weighted by atomic mass is 16.7. The van der Waals surface area contributed by atoms with E-state index in [0.29, 0.717) is 37.3 Å². The van der Waals surface area contributed by atoms with Crippen molar-refractivity contribution < 1.29 is 28.9 Å². The molecule has 3 aromatic carbocycles. The van der Waals surface area contributed by atoms with Gasteiger partial charge in [0.1, 0.15) is 5.75 Å². The quantitative estimate of drug-likeness (QED) is 0.469. The van der Waals surface area contributed by atoms with Gasteiger partial charge in [0.2, 0.25) is 0 Å². The van der Waals surface area contributed by atoms with Crippen LogP contribution in [0.15, 0.2) is 66.7 Å². The van der Waals surface area contributed by atoms with E-state index in [4.69, 9.17) is 14.2 Å². The zero-order chi connectivity index (χ0) is 24.6. The maximum absolute atomic E-state index is 13.5. The van der Waals surface area contributed by atoms with E-state index in [1.807, 2.05) is 60.7 Å². The molecule has 1 fully saturated rings. The van der Waals surface area contributed by atoms with E-state index in [9.17, 15) is 14.7 Å². The molecule has 8 heteroatoms. The zero-order valence-corrected chi connectivity index (χ0v) is 19.7. The number of carboxylic acid groups (broad SMARTS) is 1. The summed E-state index contributed by atoms with van der Waals surface area (Å²) >= 11 is 0. The standard InChI is InChI=1S/C27H30N2O6/c1-33-18-35-25-15-21-11-6-5-10-20(21)14-22(25)26(30)28-23-16-29(27(31)32)13-7-12-24(23)34-17-19-8-3-2-4-9-19/h2-6,8-11,14-15,23-24H,7,12-13,16-18H2,1H3,(H,28,30)(H,31,32)/t23-,24-/m1/s1. The molecule has 0 bridgehead atoms. The van der Waals surface area contributed by atoms with Crippen LogP contribution in [-0.2, 0) is 16.1 Å². The van der Waals surface area contributed by atoms with Crippen LogP contribution in [0.25, 0.3) is 10.8 Å². The lowest BCUT2D eigenvalue weighted by Gasteiger charge is -2.28. The molecule has 35 heavy (non-hydrogen) atoms. The predicted octanol–water partition coefficient (Wildman–Crippen LogP) is 4.28. The van der Waals surface area contributed by atoms with Crippen LogP contribution in [0.4, 0.5) is 4.79 Å². The number of amides is 2. The Labute approximate surface area is 204 Å². The van der Waals surface area contributed by atoms with Crippen molar-refractivity contribution in [2.45, 2.75) is 31.6 Å². The Morgan fingerprint density at radius 3 is 2.49 bits per heavy atom. The molecule has 3 aromatic rings. The van der Waals surface area contributed by atoms with Crippen LogP contribution >= 0.6 is 0 Å². The first kappa shape index (κ1) is 24.5. The number of hydrogen-bond donors (Lipinski definition) is 2. The number of carbonyl (C=O) groups is 2. The third-order valence-corrected chi connectivity index (χ3v) is 6.10. The summed E-state index contributed by atoms with van der Waals surface area (Å²) in [5, 5.41) is 14.5. The highest BCUT2D eigenvalue weighted by molar-refractivity contribution is 6.01. The maximum atomic E-state index is 13.5. The molecule has 4 rings (SSSR count). The SMILES string of the molecule is COCOc1cc2ccccc2cc1C(=O)N[C@@H]1CN(C(=O)O)CCC[C@H]1OCc1ccccc1. The monoisotopic (exact) mass is 478 g/mol. The second-order valence-electron chi connectivity index (χ2n) is 8.53. The van der Waals surface area contributed by atoms with Gasteiger partial charge < -0.3 is 29.5 Å². The molecule has 0 radical (unpaired) electrons. The van der Waals surface area contributed by atoms with Gasteiger partial charge in [-0.05, 0) is 41.3 Å². The highest BCUT2D eigenvalue weighted by Gasteiger charge is 2.32. The minimum Gasteiger partial charge on any atom is -0.467 e. The van der Waals surface area contributed by atoms with E-state index in [2.05, 4.69) is 5.32 Å². The van der Waals surface area contributed by atoms with Crippen LogP contribution in [0.3, 0.4) is 0 Å². The van der Waals surface area contributed by atoms with Gasteiger partial charge in [-0.25, -0.2) is 4.79 Å². The first-order valence-electron chi connectivity index (χ1n) is 11.6. The summed E-state index contributed by atoms with van der Waals surface area (Å²) in [5.74, 6) is 0.0425. The summed E-state index contributed by atoms with van der Waals surface area (Å²) in [6, 6.07) is 20.5. The van der Waals surface area contributed by atoms with Gasteiger partial charge in [0, 0.05) is 20.2 Å². The number of rotatable bonds is 8. The minimum atomic E-state index is -1.01. The van der Waals surface area contributed by atoms with Crippen molar-refractivity contribution in [3.8, 4) is 5.75 Å². The lowest BCUT2D eigenvalue weighted by Crippen LogP contribution is -2.50. The number of hydrogen-bond acceptors (Lipinski definition) is 5. The van der Waals surface area contributed by atoms with Crippen molar-refractivity contribution in [1.82, 2.24) is 10.2 Å². The Bertz CT molecular complexity index is 1150.